The summed E-state index contributed by atoms with van der Waals surface area (Å²) in [6.45, 7) is 1.55. The number of nitrogens with zero attached hydrogens (tertiary/aromatic N) is 1. The van der Waals surface area contributed by atoms with E-state index >= 15 is 0 Å². The Bertz CT molecular complexity index is 569. The number of benzene rings is 1. The van der Waals surface area contributed by atoms with Gasteiger partial charge in [-0.3, -0.25) is 0 Å². The second-order valence-electron chi connectivity index (χ2n) is 6.14. The molecule has 1 saturated carbocycles. The van der Waals surface area contributed by atoms with E-state index in [1.807, 2.05) is 12.1 Å². The van der Waals surface area contributed by atoms with Crippen molar-refractivity contribution in [1.29, 1.82) is 0 Å². The summed E-state index contributed by atoms with van der Waals surface area (Å²) in [6, 6.07) is 4.23. The van der Waals surface area contributed by atoms with Crippen LogP contribution in [-0.4, -0.2) is 25.2 Å². The van der Waals surface area contributed by atoms with Crippen LogP contribution in [-0.2, 0) is 6.54 Å². The Kier molecular flexibility index (Phi) is 5.49. The Labute approximate surface area is 142 Å². The van der Waals surface area contributed by atoms with Gasteiger partial charge in [0.2, 0.25) is 0 Å². The van der Waals surface area contributed by atoms with Crippen LogP contribution in [0, 0.1) is 0 Å². The molecule has 1 heterocycles. The average molecular weight is 338 g/mol. The standard InChI is InChI=1S/C17H24ClN3O2/c18-14-9-12(10-15-16(14)23-8-7-22-15)11-20-17(19)21-13-5-3-1-2-4-6-13/h9-10,13H,1-8,11H2,(H3,19,20,21). The van der Waals surface area contributed by atoms with Crippen LogP contribution in [0.2, 0.25) is 5.02 Å². The zero-order chi connectivity index (χ0) is 16.1. The van der Waals surface area contributed by atoms with Gasteiger partial charge in [-0.15, -0.1) is 0 Å². The van der Waals surface area contributed by atoms with E-state index in [-0.39, 0.29) is 0 Å². The van der Waals surface area contributed by atoms with Gasteiger partial charge in [-0.2, -0.15) is 0 Å². The molecule has 2 aliphatic rings. The maximum Gasteiger partial charge on any atom is 0.189 e. The molecule has 0 radical (unpaired) electrons. The first-order valence-corrected chi connectivity index (χ1v) is 8.74. The van der Waals surface area contributed by atoms with Crippen molar-refractivity contribution in [3.05, 3.63) is 22.7 Å². The van der Waals surface area contributed by atoms with Crippen LogP contribution in [0.25, 0.3) is 0 Å². The molecule has 1 aliphatic heterocycles. The highest BCUT2D eigenvalue weighted by Gasteiger charge is 2.17. The minimum absolute atomic E-state index is 0.449. The molecular formula is C17H24ClN3O2. The number of guanidine groups is 1. The van der Waals surface area contributed by atoms with Crippen molar-refractivity contribution in [2.75, 3.05) is 13.2 Å². The number of rotatable bonds is 3. The molecule has 3 rings (SSSR count). The van der Waals surface area contributed by atoms with Crippen molar-refractivity contribution in [2.24, 2.45) is 10.7 Å². The Hall–Kier alpha value is -1.62. The summed E-state index contributed by atoms with van der Waals surface area (Å²) < 4.78 is 11.1. The molecule has 1 aliphatic carbocycles. The number of halogens is 1. The molecule has 0 atom stereocenters. The first kappa shape index (κ1) is 16.2. The van der Waals surface area contributed by atoms with Crippen LogP contribution >= 0.6 is 11.6 Å². The van der Waals surface area contributed by atoms with Crippen LogP contribution in [0.3, 0.4) is 0 Å². The first-order valence-electron chi connectivity index (χ1n) is 8.37. The molecule has 23 heavy (non-hydrogen) atoms. The largest absolute Gasteiger partial charge is 0.486 e. The lowest BCUT2D eigenvalue weighted by Crippen LogP contribution is -2.39. The van der Waals surface area contributed by atoms with Crippen molar-refractivity contribution < 1.29 is 9.47 Å². The Morgan fingerprint density at radius 2 is 1.91 bits per heavy atom. The fourth-order valence-electron chi connectivity index (χ4n) is 3.11. The van der Waals surface area contributed by atoms with E-state index in [0.717, 1.165) is 5.56 Å². The summed E-state index contributed by atoms with van der Waals surface area (Å²) >= 11 is 6.24. The summed E-state index contributed by atoms with van der Waals surface area (Å²) in [5, 5.41) is 3.90. The molecule has 1 aromatic rings. The van der Waals surface area contributed by atoms with Gasteiger partial charge in [-0.05, 0) is 30.5 Å². The van der Waals surface area contributed by atoms with Crippen LogP contribution in [0.15, 0.2) is 17.1 Å². The second kappa shape index (κ2) is 7.77. The number of hydrogen-bond acceptors (Lipinski definition) is 3. The molecule has 0 aromatic heterocycles. The van der Waals surface area contributed by atoms with Crippen molar-refractivity contribution in [1.82, 2.24) is 5.32 Å². The Morgan fingerprint density at radius 3 is 2.70 bits per heavy atom. The third-order valence-electron chi connectivity index (χ3n) is 4.30. The van der Waals surface area contributed by atoms with Gasteiger partial charge in [0.05, 0.1) is 11.6 Å². The molecule has 0 unspecified atom stereocenters. The smallest absolute Gasteiger partial charge is 0.189 e. The highest BCUT2D eigenvalue weighted by Crippen LogP contribution is 2.38. The van der Waals surface area contributed by atoms with Gasteiger partial charge in [0.1, 0.15) is 13.2 Å². The molecule has 5 nitrogen and oxygen atoms in total. The number of fused-ring (bicyclic) bond motifs is 1. The molecule has 0 spiro atoms. The van der Waals surface area contributed by atoms with Crippen molar-refractivity contribution in [2.45, 2.75) is 51.1 Å². The Balaban J connectivity index is 1.61. The summed E-state index contributed by atoms with van der Waals surface area (Å²) in [7, 11) is 0. The van der Waals surface area contributed by atoms with E-state index in [0.29, 0.717) is 48.3 Å². The maximum atomic E-state index is 6.24. The lowest BCUT2D eigenvalue weighted by molar-refractivity contribution is 0.171. The summed E-state index contributed by atoms with van der Waals surface area (Å²) in [5.41, 5.74) is 6.99. The highest BCUT2D eigenvalue weighted by atomic mass is 35.5. The van der Waals surface area contributed by atoms with E-state index in [9.17, 15) is 0 Å². The van der Waals surface area contributed by atoms with Gasteiger partial charge in [0.15, 0.2) is 17.5 Å². The normalized spacial score (nSPS) is 19.3. The second-order valence-corrected chi connectivity index (χ2v) is 6.54. The molecule has 0 bridgehead atoms. The molecule has 1 aromatic carbocycles. The fraction of sp³-hybridized carbons (Fsp3) is 0.588. The van der Waals surface area contributed by atoms with Gasteiger partial charge >= 0.3 is 0 Å². The topological polar surface area (TPSA) is 68.9 Å². The van der Waals surface area contributed by atoms with Crippen molar-refractivity contribution >= 4 is 17.6 Å². The summed E-state index contributed by atoms with van der Waals surface area (Å²) in [5.74, 6) is 1.81. The van der Waals surface area contributed by atoms with E-state index < -0.39 is 0 Å². The van der Waals surface area contributed by atoms with Crippen LogP contribution < -0.4 is 20.5 Å². The predicted molar refractivity (Wildman–Crippen MR) is 92.4 cm³/mol. The first-order chi connectivity index (χ1) is 11.2. The number of ether oxygens (including phenoxy) is 2. The molecule has 1 fully saturated rings. The van der Waals surface area contributed by atoms with Gasteiger partial charge in [0, 0.05) is 6.04 Å². The lowest BCUT2D eigenvalue weighted by Gasteiger charge is -2.20. The SMILES string of the molecule is NC(=NCc1cc(Cl)c2c(c1)OCCO2)NC1CCCCCC1. The molecular weight excluding hydrogens is 314 g/mol. The number of hydrogen-bond donors (Lipinski definition) is 2. The monoisotopic (exact) mass is 337 g/mol. The van der Waals surface area contributed by atoms with Gasteiger partial charge in [0.25, 0.3) is 0 Å². The summed E-state index contributed by atoms with van der Waals surface area (Å²) in [6.07, 6.45) is 7.53. The van der Waals surface area contributed by atoms with Crippen LogP contribution in [0.1, 0.15) is 44.1 Å². The van der Waals surface area contributed by atoms with E-state index in [2.05, 4.69) is 10.3 Å². The molecule has 0 saturated heterocycles. The minimum atomic E-state index is 0.449. The fourth-order valence-corrected chi connectivity index (χ4v) is 3.40. The number of nitrogens with two attached hydrogens (primary N) is 1. The van der Waals surface area contributed by atoms with Gasteiger partial charge in [-0.1, -0.05) is 37.3 Å². The van der Waals surface area contributed by atoms with E-state index in [1.165, 1.54) is 38.5 Å². The molecule has 126 valence electrons. The maximum absolute atomic E-state index is 6.24. The average Bonchev–Trinajstić information content (AvgIpc) is 2.82. The van der Waals surface area contributed by atoms with E-state index in [4.69, 9.17) is 26.8 Å². The van der Waals surface area contributed by atoms with E-state index in [1.54, 1.807) is 0 Å². The zero-order valence-electron chi connectivity index (χ0n) is 13.3. The van der Waals surface area contributed by atoms with Crippen molar-refractivity contribution in [3.8, 4) is 11.5 Å². The number of nitrogens with one attached hydrogen (secondary N) is 1. The Morgan fingerprint density at radius 1 is 1.17 bits per heavy atom. The summed E-state index contributed by atoms with van der Waals surface area (Å²) in [4.78, 5) is 4.44. The molecule has 0 amide bonds. The predicted octanol–water partition coefficient (Wildman–Crippen LogP) is 3.24. The van der Waals surface area contributed by atoms with Crippen molar-refractivity contribution in [3.63, 3.8) is 0 Å². The lowest BCUT2D eigenvalue weighted by atomic mass is 10.1. The third-order valence-corrected chi connectivity index (χ3v) is 4.58. The van der Waals surface area contributed by atoms with Gasteiger partial charge in [-0.25, -0.2) is 4.99 Å². The third kappa shape index (κ3) is 4.44. The van der Waals surface area contributed by atoms with Gasteiger partial charge < -0.3 is 20.5 Å². The number of aliphatic imine (C=N–C) groups is 1. The zero-order valence-corrected chi connectivity index (χ0v) is 14.1. The molecule has 6 heteroatoms. The molecule has 3 N–H and O–H groups in total. The highest BCUT2D eigenvalue weighted by molar-refractivity contribution is 6.32. The van der Waals surface area contributed by atoms with Crippen LogP contribution in [0.4, 0.5) is 0 Å². The van der Waals surface area contributed by atoms with Crippen LogP contribution in [0.5, 0.6) is 11.5 Å². The minimum Gasteiger partial charge on any atom is -0.486 e. The quantitative estimate of drug-likeness (QED) is 0.504.